The second kappa shape index (κ2) is 9.57. The average Bonchev–Trinajstić information content (AvgIpc) is 3.10. The topological polar surface area (TPSA) is 36.9 Å². The lowest BCUT2D eigenvalue weighted by atomic mass is 10.3. The van der Waals surface area contributed by atoms with E-state index in [1.54, 1.807) is 11.3 Å². The van der Waals surface area contributed by atoms with Gasteiger partial charge in [-0.25, -0.2) is 0 Å². The van der Waals surface area contributed by atoms with Gasteiger partial charge in [-0.05, 0) is 41.1 Å². The molecule has 0 atom stereocenters. The van der Waals surface area contributed by atoms with Crippen LogP contribution in [0.3, 0.4) is 0 Å². The summed E-state index contributed by atoms with van der Waals surface area (Å²) in [7, 11) is 3.86. The van der Waals surface area contributed by atoms with Gasteiger partial charge in [0.25, 0.3) is 0 Å². The third-order valence-corrected chi connectivity index (χ3v) is 3.96. The molecule has 1 heterocycles. The summed E-state index contributed by atoms with van der Waals surface area (Å²) in [5.74, 6) is 1.75. The van der Waals surface area contributed by atoms with E-state index in [2.05, 4.69) is 32.0 Å². The van der Waals surface area contributed by atoms with E-state index in [4.69, 9.17) is 4.74 Å². The van der Waals surface area contributed by atoms with Crippen molar-refractivity contribution in [1.29, 1.82) is 0 Å². The quantitative estimate of drug-likeness (QED) is 0.326. The van der Waals surface area contributed by atoms with Crippen LogP contribution in [0.15, 0.2) is 21.8 Å². The first-order chi connectivity index (χ1) is 9.29. The number of guanidine groups is 1. The molecule has 0 amide bonds. The standard InChI is InChI=1S/C14H23N3OS.HI/c1-15-14(16-9-13-5-8-19-11-13)17(2)6-7-18-10-12-3-4-12;/h5,8,11-12H,3-4,6-7,9-10H2,1-2H3,(H,15,16);1H. The van der Waals surface area contributed by atoms with E-state index in [1.807, 2.05) is 14.1 Å². The van der Waals surface area contributed by atoms with Gasteiger partial charge >= 0.3 is 0 Å². The van der Waals surface area contributed by atoms with E-state index in [0.29, 0.717) is 0 Å². The summed E-state index contributed by atoms with van der Waals surface area (Å²) in [5, 5.41) is 7.60. The zero-order valence-corrected chi connectivity index (χ0v) is 15.3. The van der Waals surface area contributed by atoms with Crippen LogP contribution in [0.25, 0.3) is 0 Å². The van der Waals surface area contributed by atoms with Crippen molar-refractivity contribution in [1.82, 2.24) is 10.2 Å². The Bertz CT molecular complexity index is 393. The molecule has 0 aliphatic heterocycles. The highest BCUT2D eigenvalue weighted by molar-refractivity contribution is 14.0. The van der Waals surface area contributed by atoms with E-state index in [9.17, 15) is 0 Å². The van der Waals surface area contributed by atoms with Gasteiger partial charge in [-0.1, -0.05) is 0 Å². The molecule has 1 aliphatic carbocycles. The Morgan fingerprint density at radius 3 is 2.95 bits per heavy atom. The van der Waals surface area contributed by atoms with Crippen molar-refractivity contribution in [3.8, 4) is 0 Å². The molecule has 0 unspecified atom stereocenters. The van der Waals surface area contributed by atoms with Gasteiger partial charge in [0, 0.05) is 33.8 Å². The van der Waals surface area contributed by atoms with E-state index in [0.717, 1.165) is 38.2 Å². The summed E-state index contributed by atoms with van der Waals surface area (Å²) in [6, 6.07) is 2.13. The number of halogens is 1. The minimum Gasteiger partial charge on any atom is -0.379 e. The van der Waals surface area contributed by atoms with Gasteiger partial charge in [0.1, 0.15) is 0 Å². The van der Waals surface area contributed by atoms with Crippen molar-refractivity contribution < 1.29 is 4.74 Å². The number of hydrogen-bond acceptors (Lipinski definition) is 3. The van der Waals surface area contributed by atoms with Crippen molar-refractivity contribution in [3.63, 3.8) is 0 Å². The van der Waals surface area contributed by atoms with Crippen molar-refractivity contribution in [2.75, 3.05) is 33.9 Å². The zero-order valence-electron chi connectivity index (χ0n) is 12.2. The zero-order chi connectivity index (χ0) is 13.5. The monoisotopic (exact) mass is 409 g/mol. The fourth-order valence-corrected chi connectivity index (χ4v) is 2.47. The maximum atomic E-state index is 5.65. The van der Waals surface area contributed by atoms with Crippen molar-refractivity contribution >= 4 is 41.3 Å². The molecular weight excluding hydrogens is 385 g/mol. The lowest BCUT2D eigenvalue weighted by Crippen LogP contribution is -2.40. The van der Waals surface area contributed by atoms with Crippen LogP contribution in [0.2, 0.25) is 0 Å². The van der Waals surface area contributed by atoms with Gasteiger partial charge in [0.15, 0.2) is 5.96 Å². The van der Waals surface area contributed by atoms with Crippen molar-refractivity contribution in [2.24, 2.45) is 10.9 Å². The van der Waals surface area contributed by atoms with Crippen LogP contribution in [0.5, 0.6) is 0 Å². The first-order valence-electron chi connectivity index (χ1n) is 6.80. The Labute approximate surface area is 142 Å². The molecule has 0 saturated heterocycles. The Kier molecular flexibility index (Phi) is 8.47. The highest BCUT2D eigenvalue weighted by atomic mass is 127. The molecular formula is C14H24IN3OS. The van der Waals surface area contributed by atoms with Crippen molar-refractivity contribution in [2.45, 2.75) is 19.4 Å². The molecule has 1 aromatic rings. The minimum absolute atomic E-state index is 0. The Balaban J connectivity index is 0.00000200. The molecule has 1 fully saturated rings. The van der Waals surface area contributed by atoms with Crippen LogP contribution in [-0.4, -0.2) is 44.7 Å². The van der Waals surface area contributed by atoms with Crippen LogP contribution < -0.4 is 5.32 Å². The average molecular weight is 409 g/mol. The summed E-state index contributed by atoms with van der Waals surface area (Å²) in [5.41, 5.74) is 1.30. The molecule has 0 aromatic carbocycles. The molecule has 0 radical (unpaired) electrons. The highest BCUT2D eigenvalue weighted by Gasteiger charge is 2.21. The summed E-state index contributed by atoms with van der Waals surface area (Å²) < 4.78 is 5.65. The van der Waals surface area contributed by atoms with Gasteiger partial charge in [0.2, 0.25) is 0 Å². The van der Waals surface area contributed by atoms with Crippen molar-refractivity contribution in [3.05, 3.63) is 22.4 Å². The fraction of sp³-hybridized carbons (Fsp3) is 0.643. The molecule has 0 bridgehead atoms. The molecule has 114 valence electrons. The number of rotatable bonds is 7. The maximum absolute atomic E-state index is 5.65. The van der Waals surface area contributed by atoms with Gasteiger partial charge < -0.3 is 15.0 Å². The van der Waals surface area contributed by atoms with E-state index < -0.39 is 0 Å². The first kappa shape index (κ1) is 17.7. The number of hydrogen-bond donors (Lipinski definition) is 1. The largest absolute Gasteiger partial charge is 0.379 e. The number of aliphatic imine (C=N–C) groups is 1. The summed E-state index contributed by atoms with van der Waals surface area (Å²) in [6.07, 6.45) is 2.69. The van der Waals surface area contributed by atoms with Gasteiger partial charge in [-0.3, -0.25) is 4.99 Å². The molecule has 1 saturated carbocycles. The Morgan fingerprint density at radius 2 is 2.35 bits per heavy atom. The van der Waals surface area contributed by atoms with E-state index in [1.165, 1.54) is 18.4 Å². The number of nitrogens with zero attached hydrogens (tertiary/aromatic N) is 2. The maximum Gasteiger partial charge on any atom is 0.193 e. The molecule has 1 aliphatic rings. The lowest BCUT2D eigenvalue weighted by Gasteiger charge is -2.21. The number of ether oxygens (including phenoxy) is 1. The van der Waals surface area contributed by atoms with Crippen LogP contribution in [0.4, 0.5) is 0 Å². The van der Waals surface area contributed by atoms with E-state index in [-0.39, 0.29) is 24.0 Å². The normalized spacial score (nSPS) is 14.8. The van der Waals surface area contributed by atoms with Gasteiger partial charge in [-0.2, -0.15) is 11.3 Å². The van der Waals surface area contributed by atoms with E-state index >= 15 is 0 Å². The molecule has 6 heteroatoms. The lowest BCUT2D eigenvalue weighted by molar-refractivity contribution is 0.115. The second-order valence-corrected chi connectivity index (χ2v) is 5.75. The number of thiophene rings is 1. The molecule has 20 heavy (non-hydrogen) atoms. The fourth-order valence-electron chi connectivity index (χ4n) is 1.80. The smallest absolute Gasteiger partial charge is 0.193 e. The minimum atomic E-state index is 0. The third kappa shape index (κ3) is 6.41. The van der Waals surface area contributed by atoms with Gasteiger partial charge in [0.05, 0.1) is 6.61 Å². The van der Waals surface area contributed by atoms with Crippen LogP contribution in [0, 0.1) is 5.92 Å². The van der Waals surface area contributed by atoms with Gasteiger partial charge in [-0.15, -0.1) is 24.0 Å². The van der Waals surface area contributed by atoms with Crippen LogP contribution >= 0.6 is 35.3 Å². The molecule has 0 spiro atoms. The second-order valence-electron chi connectivity index (χ2n) is 4.97. The highest BCUT2D eigenvalue weighted by Crippen LogP contribution is 2.28. The predicted octanol–water partition coefficient (Wildman–Crippen LogP) is 2.80. The SMILES string of the molecule is CN=C(NCc1ccsc1)N(C)CCOCC1CC1.I. The van der Waals surface area contributed by atoms with Crippen LogP contribution in [-0.2, 0) is 11.3 Å². The number of likely N-dealkylation sites (N-methyl/N-ethyl adjacent to an activating group) is 1. The molecule has 1 N–H and O–H groups in total. The first-order valence-corrected chi connectivity index (χ1v) is 7.74. The molecule has 1 aromatic heterocycles. The summed E-state index contributed by atoms with van der Waals surface area (Å²) in [6.45, 7) is 3.39. The summed E-state index contributed by atoms with van der Waals surface area (Å²) in [4.78, 5) is 6.40. The van der Waals surface area contributed by atoms with Crippen LogP contribution in [0.1, 0.15) is 18.4 Å². The third-order valence-electron chi connectivity index (χ3n) is 3.23. The molecule has 4 nitrogen and oxygen atoms in total. The summed E-state index contributed by atoms with van der Waals surface area (Å²) >= 11 is 1.72. The molecule has 2 rings (SSSR count). The Hall–Kier alpha value is -0.340. The predicted molar refractivity (Wildman–Crippen MR) is 96.1 cm³/mol. The Morgan fingerprint density at radius 1 is 1.55 bits per heavy atom. The number of nitrogens with one attached hydrogen (secondary N) is 1.